The summed E-state index contributed by atoms with van der Waals surface area (Å²) in [5.74, 6) is 0.654. The second-order valence-electron chi connectivity index (χ2n) is 4.73. The van der Waals surface area contributed by atoms with Crippen LogP contribution in [0.1, 0.15) is 18.4 Å². The first kappa shape index (κ1) is 15.1. The molecule has 1 aromatic carbocycles. The van der Waals surface area contributed by atoms with Gasteiger partial charge in [-0.25, -0.2) is 0 Å². The molecule has 1 heterocycles. The number of ether oxygens (including phenoxy) is 1. The number of carbonyl (C=O) groups excluding carboxylic acids is 1. The first-order valence-electron chi connectivity index (χ1n) is 6.58. The van der Waals surface area contributed by atoms with Gasteiger partial charge in [0, 0.05) is 22.7 Å². The van der Waals surface area contributed by atoms with E-state index in [2.05, 4.69) is 15.9 Å². The molecule has 1 fully saturated rings. The van der Waals surface area contributed by atoms with Crippen LogP contribution in [0.25, 0.3) is 6.08 Å². The van der Waals surface area contributed by atoms with Crippen molar-refractivity contribution < 1.29 is 14.6 Å². The second kappa shape index (κ2) is 6.90. The Morgan fingerprint density at radius 2 is 2.40 bits per heavy atom. The van der Waals surface area contributed by atoms with Crippen LogP contribution in [0.2, 0.25) is 0 Å². The summed E-state index contributed by atoms with van der Waals surface area (Å²) in [5.41, 5.74) is 0.843. The van der Waals surface area contributed by atoms with E-state index in [1.165, 1.54) is 6.08 Å². The number of aliphatic hydroxyl groups excluding tert-OH is 1. The number of halogens is 1. The van der Waals surface area contributed by atoms with Crippen molar-refractivity contribution in [3.63, 3.8) is 0 Å². The van der Waals surface area contributed by atoms with Crippen LogP contribution in [0.5, 0.6) is 5.75 Å². The minimum absolute atomic E-state index is 0.0276. The molecule has 20 heavy (non-hydrogen) atoms. The number of nitrogens with zero attached hydrogens (tertiary/aromatic N) is 1. The molecule has 1 aliphatic rings. The Labute approximate surface area is 127 Å². The molecule has 1 N–H and O–H groups in total. The van der Waals surface area contributed by atoms with Crippen LogP contribution in [-0.4, -0.2) is 42.2 Å². The zero-order valence-corrected chi connectivity index (χ0v) is 13.0. The molecular formula is C15H18BrNO3. The van der Waals surface area contributed by atoms with Gasteiger partial charge < -0.3 is 14.7 Å². The summed E-state index contributed by atoms with van der Waals surface area (Å²) in [4.78, 5) is 13.9. The van der Waals surface area contributed by atoms with Gasteiger partial charge in [0.25, 0.3) is 0 Å². The van der Waals surface area contributed by atoms with E-state index >= 15 is 0 Å². The molecule has 0 radical (unpaired) electrons. The summed E-state index contributed by atoms with van der Waals surface area (Å²) < 4.78 is 6.19. The lowest BCUT2D eigenvalue weighted by Gasteiger charge is -2.21. The van der Waals surface area contributed by atoms with Crippen LogP contribution in [0, 0.1) is 0 Å². The van der Waals surface area contributed by atoms with Gasteiger partial charge >= 0.3 is 0 Å². The Bertz CT molecular complexity index is 516. The zero-order valence-electron chi connectivity index (χ0n) is 11.4. The standard InChI is InChI=1S/C15H18BrNO3/c1-20-14-6-5-12(16)9-11(14)4-7-15(19)17-8-2-3-13(17)10-18/h4-7,9,13,18H,2-3,8,10H2,1H3/t13-/m1/s1. The van der Waals surface area contributed by atoms with E-state index in [0.29, 0.717) is 6.54 Å². The van der Waals surface area contributed by atoms with Gasteiger partial charge in [0.2, 0.25) is 5.91 Å². The molecule has 4 nitrogen and oxygen atoms in total. The highest BCUT2D eigenvalue weighted by Gasteiger charge is 2.26. The van der Waals surface area contributed by atoms with Crippen molar-refractivity contribution in [3.05, 3.63) is 34.3 Å². The van der Waals surface area contributed by atoms with E-state index in [1.54, 1.807) is 18.1 Å². The third-order valence-corrected chi connectivity index (χ3v) is 3.96. The third-order valence-electron chi connectivity index (χ3n) is 3.47. The van der Waals surface area contributed by atoms with E-state index in [1.807, 2.05) is 18.2 Å². The quantitative estimate of drug-likeness (QED) is 0.857. The second-order valence-corrected chi connectivity index (χ2v) is 5.65. The molecular weight excluding hydrogens is 322 g/mol. The van der Waals surface area contributed by atoms with Crippen LogP contribution in [0.4, 0.5) is 0 Å². The lowest BCUT2D eigenvalue weighted by molar-refractivity contribution is -0.127. The Morgan fingerprint density at radius 1 is 1.60 bits per heavy atom. The summed E-state index contributed by atoms with van der Waals surface area (Å²) in [6, 6.07) is 5.59. The maximum atomic E-state index is 12.1. The molecule has 1 amide bonds. The van der Waals surface area contributed by atoms with Gasteiger partial charge in [-0.2, -0.15) is 0 Å². The van der Waals surface area contributed by atoms with Gasteiger partial charge in [0.05, 0.1) is 19.8 Å². The highest BCUT2D eigenvalue weighted by Crippen LogP contribution is 2.24. The number of likely N-dealkylation sites (tertiary alicyclic amines) is 1. The Balaban J connectivity index is 2.12. The Hall–Kier alpha value is -1.33. The number of amides is 1. The average molecular weight is 340 g/mol. The van der Waals surface area contributed by atoms with Crippen molar-refractivity contribution in [1.82, 2.24) is 4.90 Å². The normalized spacial score (nSPS) is 18.8. The smallest absolute Gasteiger partial charge is 0.246 e. The van der Waals surface area contributed by atoms with Crippen LogP contribution in [0.15, 0.2) is 28.7 Å². The van der Waals surface area contributed by atoms with E-state index in [4.69, 9.17) is 4.74 Å². The van der Waals surface area contributed by atoms with Crippen molar-refractivity contribution in [1.29, 1.82) is 0 Å². The fourth-order valence-corrected chi connectivity index (χ4v) is 2.79. The molecule has 0 spiro atoms. The van der Waals surface area contributed by atoms with Gasteiger partial charge in [0.15, 0.2) is 0 Å². The minimum Gasteiger partial charge on any atom is -0.496 e. The van der Waals surface area contributed by atoms with Gasteiger partial charge in [-0.3, -0.25) is 4.79 Å². The summed E-state index contributed by atoms with van der Waals surface area (Å²) in [6.07, 6.45) is 5.11. The van der Waals surface area contributed by atoms with Gasteiger partial charge in [0.1, 0.15) is 5.75 Å². The largest absolute Gasteiger partial charge is 0.496 e. The molecule has 0 unspecified atom stereocenters. The van der Waals surface area contributed by atoms with E-state index in [-0.39, 0.29) is 18.6 Å². The van der Waals surface area contributed by atoms with Crippen molar-refractivity contribution in [2.24, 2.45) is 0 Å². The first-order valence-corrected chi connectivity index (χ1v) is 7.38. The van der Waals surface area contributed by atoms with Crippen LogP contribution >= 0.6 is 15.9 Å². The van der Waals surface area contributed by atoms with E-state index < -0.39 is 0 Å². The molecule has 1 aromatic rings. The van der Waals surface area contributed by atoms with Crippen LogP contribution in [0.3, 0.4) is 0 Å². The van der Waals surface area contributed by atoms with Crippen LogP contribution in [-0.2, 0) is 4.79 Å². The molecule has 0 aliphatic carbocycles. The zero-order chi connectivity index (χ0) is 14.5. The lowest BCUT2D eigenvalue weighted by Crippen LogP contribution is -2.36. The number of carbonyl (C=O) groups is 1. The van der Waals surface area contributed by atoms with Crippen molar-refractivity contribution >= 4 is 27.9 Å². The van der Waals surface area contributed by atoms with Crippen LogP contribution < -0.4 is 4.74 Å². The SMILES string of the molecule is COc1ccc(Br)cc1C=CC(=O)N1CCC[C@@H]1CO. The van der Waals surface area contributed by atoms with Crippen molar-refractivity contribution in [2.45, 2.75) is 18.9 Å². The number of hydrogen-bond acceptors (Lipinski definition) is 3. The predicted molar refractivity (Wildman–Crippen MR) is 81.5 cm³/mol. The molecule has 108 valence electrons. The van der Waals surface area contributed by atoms with E-state index in [9.17, 15) is 9.90 Å². The number of aliphatic hydroxyl groups is 1. The van der Waals surface area contributed by atoms with Gasteiger partial charge in [-0.1, -0.05) is 15.9 Å². The Morgan fingerprint density at radius 3 is 3.10 bits per heavy atom. The highest BCUT2D eigenvalue weighted by atomic mass is 79.9. The molecule has 1 atom stereocenters. The fourth-order valence-electron chi connectivity index (χ4n) is 2.41. The minimum atomic E-state index is -0.0661. The highest BCUT2D eigenvalue weighted by molar-refractivity contribution is 9.10. The number of benzene rings is 1. The molecule has 2 rings (SSSR count). The maximum absolute atomic E-state index is 12.1. The first-order chi connectivity index (χ1) is 9.65. The predicted octanol–water partition coefficient (Wildman–Crippen LogP) is 2.45. The van der Waals surface area contributed by atoms with Crippen molar-refractivity contribution in [3.8, 4) is 5.75 Å². The summed E-state index contributed by atoms with van der Waals surface area (Å²) in [7, 11) is 1.60. The number of hydrogen-bond donors (Lipinski definition) is 1. The molecule has 0 aromatic heterocycles. The Kier molecular flexibility index (Phi) is 5.20. The number of methoxy groups -OCH3 is 1. The lowest BCUT2D eigenvalue weighted by atomic mass is 10.2. The average Bonchev–Trinajstić information content (AvgIpc) is 2.93. The van der Waals surface area contributed by atoms with Gasteiger partial charge in [-0.15, -0.1) is 0 Å². The molecule has 0 saturated carbocycles. The fraction of sp³-hybridized carbons (Fsp3) is 0.400. The van der Waals surface area contributed by atoms with E-state index in [0.717, 1.165) is 28.6 Å². The number of rotatable bonds is 4. The maximum Gasteiger partial charge on any atom is 0.246 e. The molecule has 0 bridgehead atoms. The molecule has 5 heteroatoms. The monoisotopic (exact) mass is 339 g/mol. The molecule has 1 aliphatic heterocycles. The summed E-state index contributed by atoms with van der Waals surface area (Å²) in [5, 5.41) is 9.24. The topological polar surface area (TPSA) is 49.8 Å². The van der Waals surface area contributed by atoms with Crippen molar-refractivity contribution in [2.75, 3.05) is 20.3 Å². The summed E-state index contributed by atoms with van der Waals surface area (Å²) in [6.45, 7) is 0.740. The van der Waals surface area contributed by atoms with Gasteiger partial charge in [-0.05, 0) is 37.1 Å². The molecule has 1 saturated heterocycles. The summed E-state index contributed by atoms with van der Waals surface area (Å²) >= 11 is 3.40. The third kappa shape index (κ3) is 3.41.